The summed E-state index contributed by atoms with van der Waals surface area (Å²) >= 11 is 0. The number of benzene rings is 3. The van der Waals surface area contributed by atoms with E-state index in [2.05, 4.69) is 5.32 Å². The number of unbranched alkanes of at least 4 members (excludes halogenated alkanes) is 2. The van der Waals surface area contributed by atoms with Crippen molar-refractivity contribution >= 4 is 35.5 Å². The van der Waals surface area contributed by atoms with Gasteiger partial charge < -0.3 is 14.8 Å². The average Bonchev–Trinajstić information content (AvgIpc) is 3.28. The van der Waals surface area contributed by atoms with E-state index in [1.165, 1.54) is 43.5 Å². The van der Waals surface area contributed by atoms with Crippen molar-refractivity contribution < 1.29 is 33.6 Å². The molecule has 0 spiro atoms. The van der Waals surface area contributed by atoms with Gasteiger partial charge in [-0.05, 0) is 48.2 Å². The molecule has 4 rings (SSSR count). The fourth-order valence-electron chi connectivity index (χ4n) is 4.61. The van der Waals surface area contributed by atoms with Gasteiger partial charge in [-0.15, -0.1) is 0 Å². The normalized spacial score (nSPS) is 12.4. The SMILES string of the molecule is COc1cc(/C=C(\C#N)C(=O)NCc2ccccc2)ccc1OC(=O)CCCCCN1C(=O)c2cccc([N+](=O)[O-])c2C1=O. The number of methoxy groups -OCH3 is 1. The Balaban J connectivity index is 1.26. The van der Waals surface area contributed by atoms with E-state index in [0.717, 1.165) is 10.5 Å². The molecule has 1 N–H and O–H groups in total. The third-order valence-electron chi connectivity index (χ3n) is 6.82. The molecule has 1 aliphatic heterocycles. The maximum Gasteiger partial charge on any atom is 0.311 e. The van der Waals surface area contributed by atoms with Crippen molar-refractivity contribution in [2.45, 2.75) is 32.2 Å². The van der Waals surface area contributed by atoms with Gasteiger partial charge >= 0.3 is 5.97 Å². The van der Waals surface area contributed by atoms with Crippen molar-refractivity contribution in [3.8, 4) is 17.6 Å². The fourth-order valence-corrected chi connectivity index (χ4v) is 4.61. The Morgan fingerprint density at radius 3 is 2.48 bits per heavy atom. The summed E-state index contributed by atoms with van der Waals surface area (Å²) in [6, 6.07) is 19.7. The molecule has 44 heavy (non-hydrogen) atoms. The lowest BCUT2D eigenvalue weighted by Gasteiger charge is -2.13. The molecule has 0 atom stereocenters. The Hall–Kier alpha value is -5.83. The standard InChI is InChI=1S/C32H28N4O8/c1-43-27-18-22(17-23(19-33)30(38)34-20-21-9-4-2-5-10-21)14-15-26(27)44-28(37)13-6-3-7-16-35-31(39)24-11-8-12-25(36(41)42)29(24)32(35)40/h2,4-5,8-12,14-15,17-18H,3,6-7,13,16,20H2,1H3,(H,34,38)/b23-17+. The first kappa shape index (κ1) is 31.1. The van der Waals surface area contributed by atoms with Crippen LogP contribution in [0.15, 0.2) is 72.3 Å². The van der Waals surface area contributed by atoms with Gasteiger partial charge in [0.25, 0.3) is 23.4 Å². The molecule has 0 aromatic heterocycles. The third-order valence-corrected chi connectivity index (χ3v) is 6.82. The molecule has 3 aromatic carbocycles. The van der Waals surface area contributed by atoms with E-state index < -0.39 is 34.3 Å². The zero-order chi connectivity index (χ0) is 31.6. The molecular formula is C32H28N4O8. The van der Waals surface area contributed by atoms with E-state index in [-0.39, 0.29) is 47.7 Å². The van der Waals surface area contributed by atoms with E-state index in [1.54, 1.807) is 6.07 Å². The predicted molar refractivity (Wildman–Crippen MR) is 157 cm³/mol. The maximum atomic E-state index is 12.7. The minimum absolute atomic E-state index is 0.0124. The Labute approximate surface area is 252 Å². The van der Waals surface area contributed by atoms with Crippen molar-refractivity contribution in [1.82, 2.24) is 10.2 Å². The van der Waals surface area contributed by atoms with E-state index in [1.807, 2.05) is 36.4 Å². The molecule has 12 heteroatoms. The Morgan fingerprint density at radius 2 is 1.77 bits per heavy atom. The number of nitrogens with one attached hydrogen (secondary N) is 1. The van der Waals surface area contributed by atoms with Crippen LogP contribution >= 0.6 is 0 Å². The Kier molecular flexibility index (Phi) is 10.2. The predicted octanol–water partition coefficient (Wildman–Crippen LogP) is 4.59. The number of imide groups is 1. The van der Waals surface area contributed by atoms with Crippen LogP contribution < -0.4 is 14.8 Å². The highest BCUT2D eigenvalue weighted by Gasteiger charge is 2.40. The highest BCUT2D eigenvalue weighted by Crippen LogP contribution is 2.31. The summed E-state index contributed by atoms with van der Waals surface area (Å²) in [6.07, 6.45) is 2.76. The van der Waals surface area contributed by atoms with Crippen LogP contribution in [0.5, 0.6) is 11.5 Å². The van der Waals surface area contributed by atoms with Gasteiger partial charge in [0.15, 0.2) is 11.5 Å². The van der Waals surface area contributed by atoms with Gasteiger partial charge in [0.1, 0.15) is 17.2 Å². The van der Waals surface area contributed by atoms with Gasteiger partial charge in [-0.1, -0.05) is 48.9 Å². The van der Waals surface area contributed by atoms with Crippen molar-refractivity contribution in [2.24, 2.45) is 0 Å². The molecule has 0 bridgehead atoms. The molecule has 224 valence electrons. The first-order chi connectivity index (χ1) is 21.2. The van der Waals surface area contributed by atoms with Crippen molar-refractivity contribution in [1.29, 1.82) is 5.26 Å². The second kappa shape index (κ2) is 14.4. The molecular weight excluding hydrogens is 568 g/mol. The van der Waals surface area contributed by atoms with Crippen LogP contribution in [-0.2, 0) is 16.1 Å². The first-order valence-electron chi connectivity index (χ1n) is 13.7. The van der Waals surface area contributed by atoms with Crippen molar-refractivity contribution in [3.63, 3.8) is 0 Å². The number of rotatable bonds is 13. The number of esters is 1. The highest BCUT2D eigenvalue weighted by molar-refractivity contribution is 6.23. The Morgan fingerprint density at radius 1 is 1.00 bits per heavy atom. The molecule has 0 unspecified atom stereocenters. The van der Waals surface area contributed by atoms with Gasteiger partial charge in [-0.3, -0.25) is 34.2 Å². The minimum atomic E-state index is -0.697. The number of hydrogen-bond donors (Lipinski definition) is 1. The second-order valence-corrected chi connectivity index (χ2v) is 9.75. The van der Waals surface area contributed by atoms with Gasteiger partial charge in [0, 0.05) is 25.6 Å². The Bertz CT molecular complexity index is 1680. The number of nitro benzene ring substituents is 1. The van der Waals surface area contributed by atoms with Crippen LogP contribution in [0.1, 0.15) is 57.5 Å². The van der Waals surface area contributed by atoms with Crippen molar-refractivity contribution in [2.75, 3.05) is 13.7 Å². The molecule has 0 saturated heterocycles. The van der Waals surface area contributed by atoms with Crippen molar-refractivity contribution in [3.05, 3.63) is 105 Å². The number of nitriles is 1. The number of amides is 3. The smallest absolute Gasteiger partial charge is 0.311 e. The largest absolute Gasteiger partial charge is 0.493 e. The molecule has 1 aliphatic rings. The van der Waals surface area contributed by atoms with E-state index in [9.17, 15) is 34.6 Å². The molecule has 0 aliphatic carbocycles. The van der Waals surface area contributed by atoms with Crippen LogP contribution in [0.2, 0.25) is 0 Å². The number of ether oxygens (including phenoxy) is 2. The zero-order valence-corrected chi connectivity index (χ0v) is 23.8. The van der Waals surface area contributed by atoms with Crippen LogP contribution in [0.3, 0.4) is 0 Å². The second-order valence-electron chi connectivity index (χ2n) is 9.75. The summed E-state index contributed by atoms with van der Waals surface area (Å²) in [4.78, 5) is 61.8. The average molecular weight is 597 g/mol. The van der Waals surface area contributed by atoms with E-state index in [0.29, 0.717) is 24.8 Å². The van der Waals surface area contributed by atoms with Crippen LogP contribution in [0.4, 0.5) is 5.69 Å². The molecule has 3 aromatic rings. The lowest BCUT2D eigenvalue weighted by molar-refractivity contribution is -0.385. The highest BCUT2D eigenvalue weighted by atomic mass is 16.6. The summed E-state index contributed by atoms with van der Waals surface area (Å²) in [5.74, 6) is -1.94. The van der Waals surface area contributed by atoms with Gasteiger partial charge in [0.05, 0.1) is 17.6 Å². The monoisotopic (exact) mass is 596 g/mol. The van der Waals surface area contributed by atoms with E-state index in [4.69, 9.17) is 9.47 Å². The summed E-state index contributed by atoms with van der Waals surface area (Å²) < 4.78 is 10.8. The molecule has 0 saturated carbocycles. The number of nitrogens with zero attached hydrogens (tertiary/aromatic N) is 3. The van der Waals surface area contributed by atoms with Crippen LogP contribution in [-0.4, -0.2) is 47.2 Å². The number of fused-ring (bicyclic) bond motifs is 1. The summed E-state index contributed by atoms with van der Waals surface area (Å²) in [7, 11) is 1.39. The number of carbonyl (C=O) groups excluding carboxylic acids is 4. The number of carbonyl (C=O) groups is 4. The maximum absolute atomic E-state index is 12.7. The topological polar surface area (TPSA) is 169 Å². The molecule has 0 fully saturated rings. The number of nitro groups is 1. The molecule has 3 amide bonds. The molecule has 0 radical (unpaired) electrons. The summed E-state index contributed by atoms with van der Waals surface area (Å²) in [5.41, 5.74) is 0.691. The summed E-state index contributed by atoms with van der Waals surface area (Å²) in [5, 5.41) is 23.5. The fraction of sp³-hybridized carbons (Fsp3) is 0.219. The van der Waals surface area contributed by atoms with Gasteiger partial charge in [-0.2, -0.15) is 5.26 Å². The van der Waals surface area contributed by atoms with E-state index >= 15 is 0 Å². The summed E-state index contributed by atoms with van der Waals surface area (Å²) in [6.45, 7) is 0.334. The molecule has 12 nitrogen and oxygen atoms in total. The van der Waals surface area contributed by atoms with Crippen LogP contribution in [0.25, 0.3) is 6.08 Å². The van der Waals surface area contributed by atoms with Gasteiger partial charge in [-0.25, -0.2) is 0 Å². The third kappa shape index (κ3) is 7.32. The zero-order valence-electron chi connectivity index (χ0n) is 23.8. The number of hydrogen-bond acceptors (Lipinski definition) is 9. The quantitative estimate of drug-likeness (QED) is 0.0433. The lowest BCUT2D eigenvalue weighted by Crippen LogP contribution is -2.30. The molecule has 1 heterocycles. The minimum Gasteiger partial charge on any atom is -0.493 e. The van der Waals surface area contributed by atoms with Gasteiger partial charge in [0.2, 0.25) is 0 Å². The first-order valence-corrected chi connectivity index (χ1v) is 13.7. The van der Waals surface area contributed by atoms with Crippen LogP contribution in [0, 0.1) is 21.4 Å². The lowest BCUT2D eigenvalue weighted by atomic mass is 10.1.